The van der Waals surface area contributed by atoms with Gasteiger partial charge < -0.3 is 29.4 Å². The second-order valence-electron chi connectivity index (χ2n) is 7.96. The lowest BCUT2D eigenvalue weighted by molar-refractivity contribution is -0.162. The predicted molar refractivity (Wildman–Crippen MR) is 112 cm³/mol. The van der Waals surface area contributed by atoms with Gasteiger partial charge in [0.2, 0.25) is 11.8 Å². The van der Waals surface area contributed by atoms with Crippen molar-refractivity contribution < 1.29 is 24.2 Å². The molecular weight excluding hydrogens is 400 g/mol. The summed E-state index contributed by atoms with van der Waals surface area (Å²) in [6, 6.07) is 6.84. The molecule has 0 aliphatic carbocycles. The number of aliphatic hydroxyl groups excluding tert-OH is 1. The maximum atomic E-state index is 12.5. The van der Waals surface area contributed by atoms with Gasteiger partial charge in [0.25, 0.3) is 0 Å². The molecule has 0 bridgehead atoms. The number of carbonyl (C=O) groups is 2. The lowest BCUT2D eigenvalue weighted by Gasteiger charge is -2.40. The van der Waals surface area contributed by atoms with Gasteiger partial charge in [-0.1, -0.05) is 12.1 Å². The summed E-state index contributed by atoms with van der Waals surface area (Å²) in [6.07, 6.45) is 4.50. The van der Waals surface area contributed by atoms with Gasteiger partial charge in [-0.15, -0.1) is 0 Å². The van der Waals surface area contributed by atoms with E-state index < -0.39 is 12.1 Å². The van der Waals surface area contributed by atoms with Gasteiger partial charge in [0.05, 0.1) is 19.2 Å². The molecule has 31 heavy (non-hydrogen) atoms. The van der Waals surface area contributed by atoms with Gasteiger partial charge in [-0.25, -0.2) is 4.98 Å². The van der Waals surface area contributed by atoms with E-state index in [1.165, 1.54) is 0 Å². The summed E-state index contributed by atoms with van der Waals surface area (Å²) in [5.41, 5.74) is 1.54. The Bertz CT molecular complexity index is 907. The molecule has 0 radical (unpaired) electrons. The third-order valence-electron chi connectivity index (χ3n) is 5.98. The van der Waals surface area contributed by atoms with Gasteiger partial charge >= 0.3 is 0 Å². The van der Waals surface area contributed by atoms with E-state index >= 15 is 0 Å². The van der Waals surface area contributed by atoms with Crippen LogP contribution in [-0.2, 0) is 32.7 Å². The zero-order valence-corrected chi connectivity index (χ0v) is 17.6. The number of aromatic nitrogens is 2. The first kappa shape index (κ1) is 21.5. The Morgan fingerprint density at radius 2 is 2.00 bits per heavy atom. The minimum atomic E-state index is -0.527. The minimum absolute atomic E-state index is 0.00467. The number of anilines is 1. The van der Waals surface area contributed by atoms with Crippen LogP contribution in [0, 0.1) is 5.92 Å². The Morgan fingerprint density at radius 3 is 2.65 bits per heavy atom. The summed E-state index contributed by atoms with van der Waals surface area (Å²) in [7, 11) is 1.87. The molecule has 2 aliphatic rings. The number of carbonyl (C=O) groups excluding carboxylic acids is 2. The average Bonchev–Trinajstić information content (AvgIpc) is 3.20. The second-order valence-corrected chi connectivity index (χ2v) is 7.96. The maximum absolute atomic E-state index is 12.5. The molecule has 9 heteroatoms. The van der Waals surface area contributed by atoms with E-state index in [2.05, 4.69) is 10.3 Å². The highest BCUT2D eigenvalue weighted by Crippen LogP contribution is 2.31. The normalized spacial score (nSPS) is 22.5. The number of aryl methyl sites for hydroxylation is 1. The third-order valence-corrected chi connectivity index (χ3v) is 5.98. The monoisotopic (exact) mass is 428 g/mol. The molecular formula is C22H28N4O5. The van der Waals surface area contributed by atoms with E-state index in [0.717, 1.165) is 24.2 Å². The van der Waals surface area contributed by atoms with E-state index in [4.69, 9.17) is 9.47 Å². The van der Waals surface area contributed by atoms with Crippen LogP contribution in [0.15, 0.2) is 36.7 Å². The Hall–Kier alpha value is -2.75. The number of rotatable bonds is 6. The average molecular weight is 428 g/mol. The van der Waals surface area contributed by atoms with Crippen LogP contribution in [-0.4, -0.2) is 63.8 Å². The van der Waals surface area contributed by atoms with Crippen LogP contribution < -0.4 is 5.32 Å². The molecule has 9 nitrogen and oxygen atoms in total. The van der Waals surface area contributed by atoms with Crippen LogP contribution >= 0.6 is 0 Å². The number of imidazole rings is 1. The highest BCUT2D eigenvalue weighted by Gasteiger charge is 2.37. The fraction of sp³-hybridized carbons (Fsp3) is 0.500. The summed E-state index contributed by atoms with van der Waals surface area (Å²) < 4.78 is 13.0. The summed E-state index contributed by atoms with van der Waals surface area (Å²) in [5, 5.41) is 13.0. The van der Waals surface area contributed by atoms with Crippen molar-refractivity contribution in [3.8, 4) is 0 Å². The van der Waals surface area contributed by atoms with Crippen molar-refractivity contribution in [2.75, 3.05) is 31.7 Å². The first-order valence-corrected chi connectivity index (χ1v) is 10.5. The van der Waals surface area contributed by atoms with Gasteiger partial charge in [0.1, 0.15) is 18.5 Å². The minimum Gasteiger partial charge on any atom is -0.394 e. The molecule has 0 saturated carbocycles. The maximum Gasteiger partial charge on any atom is 0.249 e. The smallest absolute Gasteiger partial charge is 0.249 e. The molecule has 2 amide bonds. The number of ether oxygens (including phenoxy) is 2. The molecule has 2 unspecified atom stereocenters. The molecule has 2 atom stereocenters. The van der Waals surface area contributed by atoms with Gasteiger partial charge in [0.15, 0.2) is 0 Å². The number of benzene rings is 1. The van der Waals surface area contributed by atoms with Crippen LogP contribution in [0.1, 0.15) is 30.3 Å². The largest absolute Gasteiger partial charge is 0.394 e. The molecule has 2 fully saturated rings. The molecule has 1 aromatic carbocycles. The van der Waals surface area contributed by atoms with Crippen LogP contribution in [0.5, 0.6) is 0 Å². The summed E-state index contributed by atoms with van der Waals surface area (Å²) >= 11 is 0. The van der Waals surface area contributed by atoms with Crippen molar-refractivity contribution >= 4 is 17.5 Å². The predicted octanol–water partition coefficient (Wildman–Crippen LogP) is 1.25. The van der Waals surface area contributed by atoms with Gasteiger partial charge in [-0.2, -0.15) is 0 Å². The summed E-state index contributed by atoms with van der Waals surface area (Å²) in [4.78, 5) is 30.8. The summed E-state index contributed by atoms with van der Waals surface area (Å²) in [5.74, 6) is 0.530. The van der Waals surface area contributed by atoms with Crippen molar-refractivity contribution in [2.45, 2.75) is 31.5 Å². The number of aliphatic hydroxyl groups is 1. The van der Waals surface area contributed by atoms with E-state index in [1.54, 1.807) is 11.1 Å². The van der Waals surface area contributed by atoms with E-state index in [1.807, 2.05) is 42.1 Å². The van der Waals surface area contributed by atoms with E-state index in [0.29, 0.717) is 25.4 Å². The Balaban J connectivity index is 1.45. The molecule has 3 heterocycles. The quantitative estimate of drug-likeness (QED) is 0.717. The highest BCUT2D eigenvalue weighted by molar-refractivity contribution is 5.92. The number of morpholine rings is 1. The van der Waals surface area contributed by atoms with Gasteiger partial charge in [-0.05, 0) is 30.5 Å². The highest BCUT2D eigenvalue weighted by atomic mass is 16.5. The fourth-order valence-electron chi connectivity index (χ4n) is 4.08. The Kier molecular flexibility index (Phi) is 6.64. The van der Waals surface area contributed by atoms with Crippen molar-refractivity contribution in [2.24, 2.45) is 13.0 Å². The number of hydrogen-bond acceptors (Lipinski definition) is 6. The molecule has 2 saturated heterocycles. The topological polar surface area (TPSA) is 106 Å². The van der Waals surface area contributed by atoms with Crippen molar-refractivity contribution in [3.63, 3.8) is 0 Å². The third kappa shape index (κ3) is 4.79. The zero-order chi connectivity index (χ0) is 21.8. The van der Waals surface area contributed by atoms with Crippen molar-refractivity contribution in [1.29, 1.82) is 0 Å². The molecule has 2 aliphatic heterocycles. The van der Waals surface area contributed by atoms with E-state index in [-0.39, 0.29) is 30.9 Å². The van der Waals surface area contributed by atoms with Crippen molar-refractivity contribution in [3.05, 3.63) is 48.0 Å². The number of nitrogens with one attached hydrogen (secondary N) is 1. The first-order chi connectivity index (χ1) is 15.1. The second kappa shape index (κ2) is 9.59. The molecule has 4 rings (SSSR count). The van der Waals surface area contributed by atoms with Crippen molar-refractivity contribution in [1.82, 2.24) is 14.5 Å². The van der Waals surface area contributed by atoms with E-state index in [9.17, 15) is 14.7 Å². The van der Waals surface area contributed by atoms with Gasteiger partial charge in [-0.3, -0.25) is 9.59 Å². The van der Waals surface area contributed by atoms with Gasteiger partial charge in [0, 0.05) is 44.3 Å². The standard InChI is InChI=1S/C22H28N4O5/c1-25-9-8-23-19(25)12-26-18(13-27)21(31-14-20(26)28)15-2-4-17(5-3-15)24-22(29)16-6-10-30-11-7-16/h2-5,8-9,16,18,21,27H,6-7,10-14H2,1H3,(H,24,29). The SMILES string of the molecule is Cn1ccnc1CN1C(=O)COC(c2ccc(NC(=O)C3CCOCC3)cc2)C1CO. The molecule has 2 aromatic rings. The van der Waals surface area contributed by atoms with Crippen LogP contribution in [0.25, 0.3) is 0 Å². The molecule has 166 valence electrons. The lowest BCUT2D eigenvalue weighted by atomic mass is 9.98. The molecule has 1 aromatic heterocycles. The van der Waals surface area contributed by atoms with Crippen LogP contribution in [0.4, 0.5) is 5.69 Å². The number of hydrogen-bond donors (Lipinski definition) is 2. The number of amides is 2. The molecule has 0 spiro atoms. The summed E-state index contributed by atoms with van der Waals surface area (Å²) in [6.45, 7) is 1.24. The zero-order valence-electron chi connectivity index (χ0n) is 17.6. The van der Waals surface area contributed by atoms with Crippen LogP contribution in [0.3, 0.4) is 0 Å². The van der Waals surface area contributed by atoms with Crippen LogP contribution in [0.2, 0.25) is 0 Å². The number of nitrogens with zero attached hydrogens (tertiary/aromatic N) is 3. The lowest BCUT2D eigenvalue weighted by Crippen LogP contribution is -2.52. The Labute approximate surface area is 181 Å². The molecule has 2 N–H and O–H groups in total. The fourth-order valence-corrected chi connectivity index (χ4v) is 4.08. The Morgan fingerprint density at radius 1 is 1.26 bits per heavy atom. The first-order valence-electron chi connectivity index (χ1n) is 10.5.